The number of nitrogens with one attached hydrogen (secondary N) is 1. The number of methoxy groups -OCH3 is 2. The fourth-order valence-corrected chi connectivity index (χ4v) is 11.1. The Balaban J connectivity index is 0.000000205. The van der Waals surface area contributed by atoms with Crippen LogP contribution in [0, 0.1) is 0 Å². The van der Waals surface area contributed by atoms with Gasteiger partial charge in [-0.15, -0.1) is 12.4 Å². The molecule has 3 aliphatic heterocycles. The van der Waals surface area contributed by atoms with E-state index in [1.54, 1.807) is 36.4 Å². The number of aliphatic hydroxyl groups excluding tert-OH is 1. The van der Waals surface area contributed by atoms with E-state index in [0.29, 0.717) is 69.6 Å². The van der Waals surface area contributed by atoms with Crippen molar-refractivity contribution >= 4 is 82.6 Å². The molecule has 0 saturated heterocycles. The summed E-state index contributed by atoms with van der Waals surface area (Å²) in [5, 5.41) is 14.6. The summed E-state index contributed by atoms with van der Waals surface area (Å²) in [6.45, 7) is 8.82. The van der Waals surface area contributed by atoms with Gasteiger partial charge in [0.1, 0.15) is 0 Å². The first kappa shape index (κ1) is 58.2. The topological polar surface area (TPSA) is 125 Å². The van der Waals surface area contributed by atoms with Gasteiger partial charge in [0, 0.05) is 58.7 Å². The number of fused-ring (bicyclic) bond motifs is 3. The molecule has 15 heteroatoms. The molecule has 5 aromatic rings. The van der Waals surface area contributed by atoms with Crippen LogP contribution in [0.5, 0.6) is 0 Å². The minimum atomic E-state index is -0.213. The van der Waals surface area contributed by atoms with Gasteiger partial charge in [-0.05, 0) is 158 Å². The van der Waals surface area contributed by atoms with Crippen molar-refractivity contribution in [3.63, 3.8) is 0 Å². The van der Waals surface area contributed by atoms with Crippen molar-refractivity contribution in [2.24, 2.45) is 0 Å². The second kappa shape index (κ2) is 28.1. The third kappa shape index (κ3) is 14.8. The first-order valence-corrected chi connectivity index (χ1v) is 25.9. The quantitative estimate of drug-likeness (QED) is 0.112. The molecule has 5 aromatic carbocycles. The standard InChI is InChI=1S/C22H23Cl2NO3.C21H23Cl2NO2.C14H19NO2.ClH/c1-14-16-6-3-5-15(9-10-22(27)28-2)17(16)11-12-25(14)21(26)13-18-19(23)7-4-8-20(18)24;1-14-16-7-2-5-15(6-4-12-25)17(16)10-11-24(14)21(26)13-18-19(22)8-3-9-20(18)23;1-10-12-5-3-4-11(6-7-14(16)17-2)13(12)8-9-15-10;/h3-8,14H,9-13H2,1-2H3;2-3,5,7-9,14,25H,4,6,10-13H2,1H3;3-5,10,15H,6-9H2,1-2H3;1H/t2*14-;10-;/m000./s1. The van der Waals surface area contributed by atoms with Crippen LogP contribution in [0.2, 0.25) is 20.1 Å². The molecule has 3 heterocycles. The Kier molecular flexibility index (Phi) is 22.8. The molecule has 3 aliphatic rings. The van der Waals surface area contributed by atoms with Crippen molar-refractivity contribution in [1.29, 1.82) is 0 Å². The summed E-state index contributed by atoms with van der Waals surface area (Å²) in [5.41, 5.74) is 12.8. The molecule has 10 nitrogen and oxygen atoms in total. The summed E-state index contributed by atoms with van der Waals surface area (Å²) in [5.74, 6) is -0.300. The van der Waals surface area contributed by atoms with Crippen LogP contribution >= 0.6 is 58.8 Å². The molecule has 0 bridgehead atoms. The Labute approximate surface area is 451 Å². The number of rotatable bonds is 13. The van der Waals surface area contributed by atoms with Crippen molar-refractivity contribution in [3.8, 4) is 0 Å². The second-order valence-electron chi connectivity index (χ2n) is 18.1. The summed E-state index contributed by atoms with van der Waals surface area (Å²) in [7, 11) is 2.84. The van der Waals surface area contributed by atoms with Crippen LogP contribution in [0.25, 0.3) is 0 Å². The average Bonchev–Trinajstić information content (AvgIpc) is 3.37. The van der Waals surface area contributed by atoms with E-state index >= 15 is 0 Å². The maximum Gasteiger partial charge on any atom is 0.305 e. The third-order valence-electron chi connectivity index (χ3n) is 13.9. The molecule has 0 aliphatic carbocycles. The third-order valence-corrected chi connectivity index (χ3v) is 15.4. The lowest BCUT2D eigenvalue weighted by atomic mass is 9.88. The van der Waals surface area contributed by atoms with Gasteiger partial charge in [-0.1, -0.05) is 113 Å². The van der Waals surface area contributed by atoms with Crippen molar-refractivity contribution < 1.29 is 33.8 Å². The highest BCUT2D eigenvalue weighted by Gasteiger charge is 2.31. The van der Waals surface area contributed by atoms with Crippen LogP contribution < -0.4 is 5.32 Å². The molecular formula is C57H66Cl5N3O7. The first-order chi connectivity index (χ1) is 34.2. The van der Waals surface area contributed by atoms with Crippen molar-refractivity contribution in [2.75, 3.05) is 40.5 Å². The number of nitrogens with zero attached hydrogens (tertiary/aromatic N) is 2. The molecule has 0 spiro atoms. The minimum absolute atomic E-state index is 0. The minimum Gasteiger partial charge on any atom is -0.469 e. The summed E-state index contributed by atoms with van der Waals surface area (Å²) in [6, 6.07) is 29.7. The van der Waals surface area contributed by atoms with E-state index in [1.807, 2.05) is 28.9 Å². The van der Waals surface area contributed by atoms with Gasteiger partial charge in [-0.2, -0.15) is 0 Å². The van der Waals surface area contributed by atoms with Gasteiger partial charge < -0.3 is 29.7 Å². The Morgan fingerprint density at radius 1 is 0.569 bits per heavy atom. The fraction of sp³-hybridized carbons (Fsp3) is 0.404. The Hall–Kier alpha value is -4.65. The Morgan fingerprint density at radius 2 is 0.944 bits per heavy atom. The summed E-state index contributed by atoms with van der Waals surface area (Å²) in [6.07, 6.45) is 6.92. The smallest absolute Gasteiger partial charge is 0.305 e. The molecule has 0 unspecified atom stereocenters. The number of aryl methyl sites for hydroxylation is 3. The van der Waals surface area contributed by atoms with Crippen LogP contribution in [0.15, 0.2) is 91.0 Å². The number of esters is 2. The molecule has 0 fully saturated rings. The van der Waals surface area contributed by atoms with Crippen molar-refractivity contribution in [3.05, 3.63) is 172 Å². The monoisotopic (exact) mass is 1080 g/mol. The molecule has 386 valence electrons. The lowest BCUT2D eigenvalue weighted by Crippen LogP contribution is -2.40. The predicted molar refractivity (Wildman–Crippen MR) is 291 cm³/mol. The zero-order chi connectivity index (χ0) is 51.2. The van der Waals surface area contributed by atoms with Gasteiger partial charge in [0.25, 0.3) is 0 Å². The van der Waals surface area contributed by atoms with Gasteiger partial charge >= 0.3 is 11.9 Å². The highest BCUT2D eigenvalue weighted by molar-refractivity contribution is 6.36. The molecule has 0 radical (unpaired) electrons. The number of amides is 2. The molecule has 8 rings (SSSR count). The number of benzene rings is 5. The zero-order valence-corrected chi connectivity index (χ0v) is 45.6. The van der Waals surface area contributed by atoms with Crippen LogP contribution in [-0.2, 0) is 80.0 Å². The van der Waals surface area contributed by atoms with Crippen molar-refractivity contribution in [2.45, 2.75) is 110 Å². The van der Waals surface area contributed by atoms with E-state index in [4.69, 9.17) is 56.2 Å². The van der Waals surface area contributed by atoms with Crippen LogP contribution in [0.3, 0.4) is 0 Å². The second-order valence-corrected chi connectivity index (χ2v) is 19.8. The Morgan fingerprint density at radius 3 is 1.35 bits per heavy atom. The van der Waals surface area contributed by atoms with Gasteiger partial charge in [-0.3, -0.25) is 19.2 Å². The van der Waals surface area contributed by atoms with Gasteiger partial charge in [-0.25, -0.2) is 0 Å². The molecule has 0 aromatic heterocycles. The fourth-order valence-electron chi connectivity index (χ4n) is 10.0. The Bertz CT molecular complexity index is 2640. The molecule has 2 N–H and O–H groups in total. The maximum absolute atomic E-state index is 13.0. The van der Waals surface area contributed by atoms with E-state index < -0.39 is 0 Å². The number of aliphatic hydroxyl groups is 1. The molecule has 3 atom stereocenters. The molecule has 72 heavy (non-hydrogen) atoms. The largest absolute Gasteiger partial charge is 0.469 e. The van der Waals surface area contributed by atoms with Crippen LogP contribution in [0.4, 0.5) is 0 Å². The van der Waals surface area contributed by atoms with Gasteiger partial charge in [0.05, 0.1) is 39.1 Å². The number of hydrogen-bond donors (Lipinski definition) is 2. The van der Waals surface area contributed by atoms with E-state index in [0.717, 1.165) is 56.2 Å². The van der Waals surface area contributed by atoms with Crippen molar-refractivity contribution in [1.82, 2.24) is 15.1 Å². The van der Waals surface area contributed by atoms with Crippen LogP contribution in [0.1, 0.15) is 119 Å². The number of hydrogen-bond acceptors (Lipinski definition) is 8. The average molecular weight is 1080 g/mol. The molecular weight excluding hydrogens is 1020 g/mol. The van der Waals surface area contributed by atoms with E-state index in [-0.39, 0.29) is 67.7 Å². The highest BCUT2D eigenvalue weighted by atomic mass is 35.5. The predicted octanol–water partition coefficient (Wildman–Crippen LogP) is 11.8. The normalized spacial score (nSPS) is 16.5. The maximum atomic E-state index is 13.0. The highest BCUT2D eigenvalue weighted by Crippen LogP contribution is 2.36. The van der Waals surface area contributed by atoms with E-state index in [1.165, 1.54) is 53.2 Å². The summed E-state index contributed by atoms with van der Waals surface area (Å²) in [4.78, 5) is 52.4. The number of carbonyl (C=O) groups is 4. The van der Waals surface area contributed by atoms with Gasteiger partial charge in [0.2, 0.25) is 11.8 Å². The lowest BCUT2D eigenvalue weighted by molar-refractivity contribution is -0.141. The summed E-state index contributed by atoms with van der Waals surface area (Å²) >= 11 is 24.9. The SMILES string of the molecule is COC(=O)CCc1cccc2c1CCN(C(=O)Cc1c(Cl)cccc1Cl)[C@H]2C.COC(=O)CCc1cccc2c1CCN[C@H]2C.C[C@H]1c2cccc(CCCO)c2CCN1C(=O)Cc1c(Cl)cccc1Cl.Cl. The summed E-state index contributed by atoms with van der Waals surface area (Å²) < 4.78 is 9.43. The van der Waals surface area contributed by atoms with Crippen LogP contribution in [-0.4, -0.2) is 79.1 Å². The number of carbonyl (C=O) groups excluding carboxylic acids is 4. The van der Waals surface area contributed by atoms with E-state index in [9.17, 15) is 19.2 Å². The zero-order valence-electron chi connectivity index (χ0n) is 41.7. The van der Waals surface area contributed by atoms with E-state index in [2.05, 4.69) is 66.4 Å². The lowest BCUT2D eigenvalue weighted by Gasteiger charge is -2.36. The van der Waals surface area contributed by atoms with Gasteiger partial charge in [0.15, 0.2) is 0 Å². The number of halogens is 5. The first-order valence-electron chi connectivity index (χ1n) is 24.4. The number of ether oxygens (including phenoxy) is 2. The molecule has 0 saturated carbocycles. The molecule has 2 amide bonds.